The molecular formula is C18H22BNO2S. The van der Waals surface area contributed by atoms with Gasteiger partial charge in [-0.25, -0.2) is 0 Å². The maximum Gasteiger partial charge on any atom is 0.491 e. The zero-order chi connectivity index (χ0) is 16.7. The summed E-state index contributed by atoms with van der Waals surface area (Å²) in [4.78, 5) is 4.41. The van der Waals surface area contributed by atoms with Crippen molar-refractivity contribution in [3.05, 3.63) is 47.6 Å². The number of fused-ring (bicyclic) bond motifs is 1. The number of benzene rings is 1. The van der Waals surface area contributed by atoms with E-state index in [9.17, 15) is 0 Å². The Morgan fingerprint density at radius 2 is 1.83 bits per heavy atom. The van der Waals surface area contributed by atoms with Crippen molar-refractivity contribution in [3.63, 3.8) is 0 Å². The fourth-order valence-corrected chi connectivity index (χ4v) is 2.88. The van der Waals surface area contributed by atoms with Crippen LogP contribution in [0.4, 0.5) is 0 Å². The van der Waals surface area contributed by atoms with Crippen LogP contribution in [-0.4, -0.2) is 29.1 Å². The summed E-state index contributed by atoms with van der Waals surface area (Å²) in [6.45, 7) is 8.24. The van der Waals surface area contributed by atoms with Crippen LogP contribution in [0.3, 0.4) is 0 Å². The zero-order valence-corrected chi connectivity index (χ0v) is 14.9. The molecule has 120 valence electrons. The number of nitrogens with zero attached hydrogens (tertiary/aromatic N) is 1. The molecule has 1 aliphatic rings. The maximum atomic E-state index is 6.15. The SMILES string of the molecule is CC1(C)OB(C(=Cc2cccc3ncccc23)CS)OC1(C)C. The maximum absolute atomic E-state index is 6.15. The third-order valence-electron chi connectivity index (χ3n) is 4.76. The Hall–Kier alpha value is -1.30. The van der Waals surface area contributed by atoms with Crippen molar-refractivity contribution in [1.82, 2.24) is 4.98 Å². The molecule has 2 aromatic rings. The van der Waals surface area contributed by atoms with Gasteiger partial charge in [-0.05, 0) is 50.9 Å². The third-order valence-corrected chi connectivity index (χ3v) is 5.12. The topological polar surface area (TPSA) is 31.4 Å². The molecule has 2 heterocycles. The van der Waals surface area contributed by atoms with Gasteiger partial charge in [-0.15, -0.1) is 0 Å². The minimum Gasteiger partial charge on any atom is -0.400 e. The molecule has 0 amide bonds. The third kappa shape index (κ3) is 3.05. The largest absolute Gasteiger partial charge is 0.491 e. The van der Waals surface area contributed by atoms with Crippen LogP contribution in [0, 0.1) is 0 Å². The van der Waals surface area contributed by atoms with Crippen molar-refractivity contribution in [3.8, 4) is 0 Å². The zero-order valence-electron chi connectivity index (χ0n) is 14.0. The lowest BCUT2D eigenvalue weighted by molar-refractivity contribution is 0.00578. The molecule has 3 rings (SSSR count). The van der Waals surface area contributed by atoms with E-state index >= 15 is 0 Å². The van der Waals surface area contributed by atoms with Gasteiger partial charge in [-0.2, -0.15) is 12.6 Å². The fraction of sp³-hybridized carbons (Fsp3) is 0.389. The summed E-state index contributed by atoms with van der Waals surface area (Å²) < 4.78 is 12.3. The molecular weight excluding hydrogens is 305 g/mol. The van der Waals surface area contributed by atoms with E-state index in [0.29, 0.717) is 5.75 Å². The lowest BCUT2D eigenvalue weighted by Crippen LogP contribution is -2.41. The van der Waals surface area contributed by atoms with Gasteiger partial charge in [0.1, 0.15) is 0 Å². The van der Waals surface area contributed by atoms with Gasteiger partial charge in [0.25, 0.3) is 0 Å². The first-order valence-electron chi connectivity index (χ1n) is 7.85. The van der Waals surface area contributed by atoms with Crippen molar-refractivity contribution >= 4 is 36.7 Å². The average Bonchev–Trinajstić information content (AvgIpc) is 2.73. The summed E-state index contributed by atoms with van der Waals surface area (Å²) in [6.07, 6.45) is 3.92. The molecule has 3 nitrogen and oxygen atoms in total. The van der Waals surface area contributed by atoms with E-state index in [-0.39, 0.29) is 18.3 Å². The smallest absolute Gasteiger partial charge is 0.400 e. The van der Waals surface area contributed by atoms with Crippen LogP contribution in [-0.2, 0) is 9.31 Å². The Kier molecular flexibility index (Phi) is 4.30. The minimum atomic E-state index is -0.371. The van der Waals surface area contributed by atoms with E-state index in [1.807, 2.05) is 24.4 Å². The summed E-state index contributed by atoms with van der Waals surface area (Å²) in [5.41, 5.74) is 2.41. The predicted octanol–water partition coefficient (Wildman–Crippen LogP) is 4.18. The van der Waals surface area contributed by atoms with E-state index in [0.717, 1.165) is 21.9 Å². The molecule has 0 N–H and O–H groups in total. The van der Waals surface area contributed by atoms with Gasteiger partial charge < -0.3 is 9.31 Å². The molecule has 0 saturated carbocycles. The Balaban J connectivity index is 1.99. The second-order valence-electron chi connectivity index (χ2n) is 6.88. The van der Waals surface area contributed by atoms with E-state index < -0.39 is 0 Å². The van der Waals surface area contributed by atoms with E-state index in [4.69, 9.17) is 9.31 Å². The molecule has 0 bridgehead atoms. The summed E-state index contributed by atoms with van der Waals surface area (Å²) in [7, 11) is -0.371. The highest BCUT2D eigenvalue weighted by Crippen LogP contribution is 2.39. The number of hydrogen-bond acceptors (Lipinski definition) is 4. The molecule has 1 saturated heterocycles. The minimum absolute atomic E-state index is 0.347. The number of hydrogen-bond donors (Lipinski definition) is 1. The van der Waals surface area contributed by atoms with Crippen LogP contribution in [0.5, 0.6) is 0 Å². The van der Waals surface area contributed by atoms with Crippen LogP contribution in [0.25, 0.3) is 17.0 Å². The monoisotopic (exact) mass is 327 g/mol. The molecule has 1 aliphatic heterocycles. The van der Waals surface area contributed by atoms with E-state index in [1.165, 1.54) is 0 Å². The predicted molar refractivity (Wildman–Crippen MR) is 99.7 cm³/mol. The van der Waals surface area contributed by atoms with Crippen molar-refractivity contribution in [1.29, 1.82) is 0 Å². The first-order chi connectivity index (χ1) is 10.8. The molecule has 0 unspecified atom stereocenters. The number of thiol groups is 1. The Bertz CT molecular complexity index is 736. The molecule has 0 spiro atoms. The highest BCUT2D eigenvalue weighted by atomic mass is 32.1. The second kappa shape index (κ2) is 5.97. The van der Waals surface area contributed by atoms with Gasteiger partial charge >= 0.3 is 7.12 Å². The van der Waals surface area contributed by atoms with Crippen LogP contribution in [0.2, 0.25) is 0 Å². The summed E-state index contributed by atoms with van der Waals surface area (Å²) in [5.74, 6) is 0.577. The molecule has 1 fully saturated rings. The normalized spacial score (nSPS) is 20.2. The molecule has 0 aliphatic carbocycles. The standard InChI is InChI=1S/C18H22BNO2S/c1-17(2)18(3,4)22-19(21-17)14(12-23)11-13-7-5-9-16-15(13)8-6-10-20-16/h5-11,23H,12H2,1-4H3. The summed E-state index contributed by atoms with van der Waals surface area (Å²) >= 11 is 4.48. The number of pyridine rings is 1. The Labute approximate surface area is 143 Å². The van der Waals surface area contributed by atoms with Crippen molar-refractivity contribution in [2.45, 2.75) is 38.9 Å². The molecule has 0 atom stereocenters. The van der Waals surface area contributed by atoms with Crippen LogP contribution in [0.15, 0.2) is 42.0 Å². The van der Waals surface area contributed by atoms with Crippen LogP contribution < -0.4 is 0 Å². The second-order valence-corrected chi connectivity index (χ2v) is 7.20. The summed E-state index contributed by atoms with van der Waals surface area (Å²) in [6, 6.07) is 10.1. The van der Waals surface area contributed by atoms with Gasteiger partial charge in [0.2, 0.25) is 0 Å². The lowest BCUT2D eigenvalue weighted by Gasteiger charge is -2.32. The van der Waals surface area contributed by atoms with Gasteiger partial charge in [0, 0.05) is 17.3 Å². The van der Waals surface area contributed by atoms with Crippen molar-refractivity contribution in [2.75, 3.05) is 5.75 Å². The highest BCUT2D eigenvalue weighted by Gasteiger charge is 2.52. The van der Waals surface area contributed by atoms with E-state index in [1.54, 1.807) is 0 Å². The first-order valence-corrected chi connectivity index (χ1v) is 8.48. The Morgan fingerprint density at radius 1 is 1.13 bits per heavy atom. The van der Waals surface area contributed by atoms with E-state index in [2.05, 4.69) is 63.5 Å². The highest BCUT2D eigenvalue weighted by molar-refractivity contribution is 7.80. The molecule has 5 heteroatoms. The van der Waals surface area contributed by atoms with Gasteiger partial charge in [0.05, 0.1) is 16.7 Å². The summed E-state index contributed by atoms with van der Waals surface area (Å²) in [5, 5.41) is 1.12. The van der Waals surface area contributed by atoms with Crippen LogP contribution >= 0.6 is 12.6 Å². The van der Waals surface area contributed by atoms with Crippen molar-refractivity contribution in [2.24, 2.45) is 0 Å². The van der Waals surface area contributed by atoms with Crippen molar-refractivity contribution < 1.29 is 9.31 Å². The van der Waals surface area contributed by atoms with Crippen LogP contribution in [0.1, 0.15) is 33.3 Å². The van der Waals surface area contributed by atoms with Gasteiger partial charge in [-0.1, -0.05) is 24.3 Å². The molecule has 1 aromatic heterocycles. The molecule has 23 heavy (non-hydrogen) atoms. The van der Waals surface area contributed by atoms with Gasteiger partial charge in [-0.3, -0.25) is 4.98 Å². The fourth-order valence-electron chi connectivity index (χ4n) is 2.64. The average molecular weight is 327 g/mol. The lowest BCUT2D eigenvalue weighted by atomic mass is 9.78. The van der Waals surface area contributed by atoms with Gasteiger partial charge in [0.15, 0.2) is 0 Å². The Morgan fingerprint density at radius 3 is 2.48 bits per heavy atom. The number of aromatic nitrogens is 1. The molecule has 1 aromatic carbocycles. The first kappa shape index (κ1) is 16.6. The quantitative estimate of drug-likeness (QED) is 0.678. The molecule has 0 radical (unpaired) electrons. The number of rotatable bonds is 3.